The number of hydrogen-bond acceptors (Lipinski definition) is 5. The third-order valence-electron chi connectivity index (χ3n) is 3.53. The van der Waals surface area contributed by atoms with Crippen molar-refractivity contribution in [1.29, 1.82) is 0 Å². The van der Waals surface area contributed by atoms with Crippen molar-refractivity contribution >= 4 is 29.0 Å². The second-order valence-electron chi connectivity index (χ2n) is 5.34. The largest absolute Gasteiger partial charge is 0.495 e. The van der Waals surface area contributed by atoms with E-state index in [1.165, 1.54) is 13.4 Å². The average Bonchev–Trinajstić information content (AvgIpc) is 2.60. The van der Waals surface area contributed by atoms with Crippen LogP contribution < -0.4 is 15.0 Å². The van der Waals surface area contributed by atoms with Crippen molar-refractivity contribution in [3.63, 3.8) is 0 Å². The molecule has 0 unspecified atom stereocenters. The van der Waals surface area contributed by atoms with Crippen LogP contribution in [-0.4, -0.2) is 36.6 Å². The maximum atomic E-state index is 12.5. The predicted molar refractivity (Wildman–Crippen MR) is 96.2 cm³/mol. The molecule has 1 aromatic heterocycles. The third kappa shape index (κ3) is 4.58. The lowest BCUT2D eigenvalue weighted by molar-refractivity contribution is 0.102. The zero-order valence-corrected chi connectivity index (χ0v) is 14.8. The summed E-state index contributed by atoms with van der Waals surface area (Å²) >= 11 is 5.98. The normalized spacial score (nSPS) is 10.3. The average molecular weight is 349 g/mol. The molecule has 0 bridgehead atoms. The fraction of sp³-hybridized carbons (Fsp3) is 0.353. The molecule has 0 aliphatic heterocycles. The van der Waals surface area contributed by atoms with Crippen molar-refractivity contribution in [1.82, 2.24) is 9.97 Å². The van der Waals surface area contributed by atoms with Gasteiger partial charge in [-0.2, -0.15) is 0 Å². The Labute approximate surface area is 146 Å². The first-order chi connectivity index (χ1) is 11.5. The van der Waals surface area contributed by atoms with E-state index in [2.05, 4.69) is 22.2 Å². The Balaban J connectivity index is 2.17. The zero-order valence-electron chi connectivity index (χ0n) is 14.0. The highest BCUT2D eigenvalue weighted by Crippen LogP contribution is 2.28. The number of unbranched alkanes of at least 4 members (excludes halogenated alkanes) is 1. The number of benzene rings is 1. The van der Waals surface area contributed by atoms with Gasteiger partial charge < -0.3 is 15.0 Å². The number of amides is 1. The Morgan fingerprint density at radius 2 is 2.12 bits per heavy atom. The van der Waals surface area contributed by atoms with E-state index in [0.717, 1.165) is 19.4 Å². The van der Waals surface area contributed by atoms with E-state index in [-0.39, 0.29) is 11.6 Å². The molecule has 0 saturated carbocycles. The van der Waals surface area contributed by atoms with Crippen LogP contribution >= 0.6 is 11.6 Å². The van der Waals surface area contributed by atoms with Crippen LogP contribution in [0.1, 0.15) is 30.3 Å². The number of carbonyl (C=O) groups is 1. The number of methoxy groups -OCH3 is 1. The number of ether oxygens (including phenoxy) is 1. The summed E-state index contributed by atoms with van der Waals surface area (Å²) < 4.78 is 5.23. The molecular weight excluding hydrogens is 328 g/mol. The van der Waals surface area contributed by atoms with E-state index >= 15 is 0 Å². The van der Waals surface area contributed by atoms with Gasteiger partial charge in [-0.3, -0.25) is 4.79 Å². The van der Waals surface area contributed by atoms with Crippen molar-refractivity contribution < 1.29 is 9.53 Å². The number of carbonyl (C=O) groups excluding carboxylic acids is 1. The van der Waals surface area contributed by atoms with E-state index in [9.17, 15) is 4.79 Å². The van der Waals surface area contributed by atoms with E-state index in [0.29, 0.717) is 22.3 Å². The second-order valence-corrected chi connectivity index (χ2v) is 5.77. The van der Waals surface area contributed by atoms with Crippen molar-refractivity contribution in [3.8, 4) is 5.75 Å². The molecule has 0 aliphatic carbocycles. The summed E-state index contributed by atoms with van der Waals surface area (Å²) in [4.78, 5) is 22.7. The van der Waals surface area contributed by atoms with Crippen LogP contribution in [0.25, 0.3) is 0 Å². The Hall–Kier alpha value is -2.34. The molecule has 1 heterocycles. The summed E-state index contributed by atoms with van der Waals surface area (Å²) in [7, 11) is 3.48. The van der Waals surface area contributed by atoms with E-state index in [1.807, 2.05) is 11.9 Å². The molecule has 1 N–H and O–H groups in total. The lowest BCUT2D eigenvalue weighted by atomic mass is 10.2. The third-order valence-corrected chi connectivity index (χ3v) is 3.77. The first-order valence-electron chi connectivity index (χ1n) is 7.73. The molecule has 128 valence electrons. The lowest BCUT2D eigenvalue weighted by Gasteiger charge is -2.18. The van der Waals surface area contributed by atoms with Crippen molar-refractivity contribution in [3.05, 3.63) is 41.3 Å². The van der Waals surface area contributed by atoms with Gasteiger partial charge in [0.25, 0.3) is 5.91 Å². The van der Waals surface area contributed by atoms with Crippen molar-refractivity contribution in [2.24, 2.45) is 0 Å². The number of anilines is 2. The lowest BCUT2D eigenvalue weighted by Crippen LogP contribution is -2.21. The summed E-state index contributed by atoms with van der Waals surface area (Å²) in [6.07, 6.45) is 3.54. The minimum atomic E-state index is -0.344. The van der Waals surface area contributed by atoms with Crippen molar-refractivity contribution in [2.45, 2.75) is 19.8 Å². The SMILES string of the molecule is CCCCN(C)c1cc(C(=O)Nc2cc(Cl)ccc2OC)ncn1. The molecule has 0 saturated heterocycles. The molecule has 0 aliphatic rings. The molecule has 7 heteroatoms. The Kier molecular flexibility index (Phi) is 6.37. The monoisotopic (exact) mass is 348 g/mol. The van der Waals surface area contributed by atoms with Gasteiger partial charge in [-0.1, -0.05) is 24.9 Å². The van der Waals surface area contributed by atoms with Gasteiger partial charge in [-0.25, -0.2) is 9.97 Å². The maximum absolute atomic E-state index is 12.5. The Morgan fingerprint density at radius 3 is 2.83 bits per heavy atom. The predicted octanol–water partition coefficient (Wildman–Crippen LogP) is 3.63. The van der Waals surface area contributed by atoms with Gasteiger partial charge in [0.05, 0.1) is 12.8 Å². The van der Waals surface area contributed by atoms with E-state index < -0.39 is 0 Å². The molecule has 1 amide bonds. The van der Waals surface area contributed by atoms with Gasteiger partial charge in [0.1, 0.15) is 23.6 Å². The molecule has 1 aromatic carbocycles. The number of nitrogens with zero attached hydrogens (tertiary/aromatic N) is 3. The van der Waals surface area contributed by atoms with Gasteiger partial charge in [0, 0.05) is 24.7 Å². The summed E-state index contributed by atoms with van der Waals surface area (Å²) in [5.74, 6) is 0.895. The van der Waals surface area contributed by atoms with E-state index in [1.54, 1.807) is 24.3 Å². The van der Waals surface area contributed by atoms with Gasteiger partial charge in [-0.15, -0.1) is 0 Å². The number of rotatable bonds is 7. The topological polar surface area (TPSA) is 67.4 Å². The molecule has 6 nitrogen and oxygen atoms in total. The Bertz CT molecular complexity index is 709. The number of hydrogen-bond donors (Lipinski definition) is 1. The highest BCUT2D eigenvalue weighted by molar-refractivity contribution is 6.31. The summed E-state index contributed by atoms with van der Waals surface area (Å²) in [6, 6.07) is 6.69. The first-order valence-corrected chi connectivity index (χ1v) is 8.11. The molecule has 24 heavy (non-hydrogen) atoms. The van der Waals surface area contributed by atoms with E-state index in [4.69, 9.17) is 16.3 Å². The quantitative estimate of drug-likeness (QED) is 0.827. The molecule has 0 atom stereocenters. The maximum Gasteiger partial charge on any atom is 0.274 e. The molecule has 2 aromatic rings. The fourth-order valence-electron chi connectivity index (χ4n) is 2.15. The van der Waals surface area contributed by atoms with Gasteiger partial charge in [0.15, 0.2) is 0 Å². The van der Waals surface area contributed by atoms with Crippen LogP contribution in [0.5, 0.6) is 5.75 Å². The molecule has 0 spiro atoms. The summed E-state index contributed by atoms with van der Waals surface area (Å²) in [6.45, 7) is 3.00. The second kappa shape index (κ2) is 8.49. The first kappa shape index (κ1) is 18.0. The number of nitrogens with one attached hydrogen (secondary N) is 1. The molecule has 0 fully saturated rings. The molecule has 2 rings (SSSR count). The van der Waals surface area contributed by atoms with Crippen molar-refractivity contribution in [2.75, 3.05) is 30.9 Å². The minimum Gasteiger partial charge on any atom is -0.495 e. The van der Waals surface area contributed by atoms with Gasteiger partial charge in [-0.05, 0) is 24.6 Å². The molecular formula is C17H21ClN4O2. The Morgan fingerprint density at radius 1 is 1.33 bits per heavy atom. The van der Waals surface area contributed by atoms with Crippen LogP contribution in [0.15, 0.2) is 30.6 Å². The highest BCUT2D eigenvalue weighted by Gasteiger charge is 2.13. The van der Waals surface area contributed by atoms with Crippen LogP contribution in [0.4, 0.5) is 11.5 Å². The van der Waals surface area contributed by atoms with Gasteiger partial charge in [0.2, 0.25) is 0 Å². The van der Waals surface area contributed by atoms with Crippen LogP contribution in [0, 0.1) is 0 Å². The smallest absolute Gasteiger partial charge is 0.274 e. The van der Waals surface area contributed by atoms with Crippen LogP contribution in [0.3, 0.4) is 0 Å². The number of halogens is 1. The zero-order chi connectivity index (χ0) is 17.5. The highest BCUT2D eigenvalue weighted by atomic mass is 35.5. The molecule has 0 radical (unpaired) electrons. The van der Waals surface area contributed by atoms with Crippen LogP contribution in [0.2, 0.25) is 5.02 Å². The van der Waals surface area contributed by atoms with Crippen LogP contribution in [-0.2, 0) is 0 Å². The fourth-order valence-corrected chi connectivity index (χ4v) is 2.33. The van der Waals surface area contributed by atoms with Gasteiger partial charge >= 0.3 is 0 Å². The standard InChI is InChI=1S/C17H21ClN4O2/c1-4-5-8-22(2)16-10-14(19-11-20-16)17(23)21-13-9-12(18)6-7-15(13)24-3/h6-7,9-11H,4-5,8H2,1-3H3,(H,21,23). The minimum absolute atomic E-state index is 0.283. The summed E-state index contributed by atoms with van der Waals surface area (Å²) in [5, 5.41) is 3.28. The summed E-state index contributed by atoms with van der Waals surface area (Å²) in [5.41, 5.74) is 0.778. The number of aromatic nitrogens is 2.